The first-order valence-electron chi connectivity index (χ1n) is 6.30. The number of hydrogen-bond acceptors (Lipinski definition) is 4. The summed E-state index contributed by atoms with van der Waals surface area (Å²) in [6.07, 6.45) is 7.11. The highest BCUT2D eigenvalue weighted by molar-refractivity contribution is 5.85. The molecule has 0 unspecified atom stereocenters. The highest BCUT2D eigenvalue weighted by Gasteiger charge is 2.08. The van der Waals surface area contributed by atoms with Crippen molar-refractivity contribution in [3.8, 4) is 0 Å². The van der Waals surface area contributed by atoms with Gasteiger partial charge in [0.1, 0.15) is 5.52 Å². The van der Waals surface area contributed by atoms with Gasteiger partial charge in [0.25, 0.3) is 0 Å². The van der Waals surface area contributed by atoms with Crippen molar-refractivity contribution < 1.29 is 0 Å². The SMILES string of the molecule is c1ccc2c(c1)nc(Nc1ccncc1)c1cncn12. The van der Waals surface area contributed by atoms with Crippen LogP contribution >= 0.6 is 0 Å². The third-order valence-electron chi connectivity index (χ3n) is 3.20. The quantitative estimate of drug-likeness (QED) is 0.602. The van der Waals surface area contributed by atoms with Gasteiger partial charge >= 0.3 is 0 Å². The Morgan fingerprint density at radius 1 is 0.900 bits per heavy atom. The first-order valence-corrected chi connectivity index (χ1v) is 6.30. The maximum absolute atomic E-state index is 4.68. The number of pyridine rings is 1. The summed E-state index contributed by atoms with van der Waals surface area (Å²) in [7, 11) is 0. The molecule has 0 aliphatic heterocycles. The highest BCUT2D eigenvalue weighted by Crippen LogP contribution is 2.23. The molecule has 0 amide bonds. The standard InChI is InChI=1S/C15H11N5/c1-2-4-13-12(3-1)19-15(14-9-17-10-20(13)14)18-11-5-7-16-8-6-11/h1-10H,(H,16,18,19). The molecule has 4 rings (SSSR count). The van der Waals surface area contributed by atoms with E-state index in [-0.39, 0.29) is 0 Å². The van der Waals surface area contributed by atoms with Gasteiger partial charge in [0, 0.05) is 18.1 Å². The van der Waals surface area contributed by atoms with Gasteiger partial charge in [-0.05, 0) is 24.3 Å². The number of aromatic nitrogens is 4. The molecule has 0 bridgehead atoms. The first-order chi connectivity index (χ1) is 9.92. The van der Waals surface area contributed by atoms with Gasteiger partial charge in [-0.2, -0.15) is 0 Å². The maximum atomic E-state index is 4.68. The molecule has 0 aliphatic rings. The average molecular weight is 261 g/mol. The van der Waals surface area contributed by atoms with Crippen LogP contribution in [-0.2, 0) is 0 Å². The van der Waals surface area contributed by atoms with Crippen molar-refractivity contribution >= 4 is 28.1 Å². The molecule has 4 aromatic rings. The second-order valence-corrected chi connectivity index (χ2v) is 4.46. The monoisotopic (exact) mass is 261 g/mol. The lowest BCUT2D eigenvalue weighted by atomic mass is 10.3. The molecule has 0 saturated heterocycles. The van der Waals surface area contributed by atoms with E-state index in [9.17, 15) is 0 Å². The second kappa shape index (κ2) is 4.31. The molecule has 3 aromatic heterocycles. The van der Waals surface area contributed by atoms with Crippen molar-refractivity contribution in [2.75, 3.05) is 5.32 Å². The van der Waals surface area contributed by atoms with Crippen molar-refractivity contribution in [3.05, 3.63) is 61.3 Å². The van der Waals surface area contributed by atoms with E-state index >= 15 is 0 Å². The van der Waals surface area contributed by atoms with Crippen LogP contribution in [0.3, 0.4) is 0 Å². The van der Waals surface area contributed by atoms with Crippen molar-refractivity contribution in [3.63, 3.8) is 0 Å². The van der Waals surface area contributed by atoms with E-state index in [0.717, 1.165) is 28.1 Å². The largest absolute Gasteiger partial charge is 0.338 e. The van der Waals surface area contributed by atoms with E-state index in [1.807, 2.05) is 47.0 Å². The fourth-order valence-electron chi connectivity index (χ4n) is 2.27. The molecule has 5 nitrogen and oxygen atoms in total. The highest BCUT2D eigenvalue weighted by atomic mass is 15.1. The molecule has 0 atom stereocenters. The van der Waals surface area contributed by atoms with Crippen LogP contribution in [0.25, 0.3) is 16.6 Å². The predicted molar refractivity (Wildman–Crippen MR) is 78.0 cm³/mol. The van der Waals surface area contributed by atoms with Crippen LogP contribution in [0, 0.1) is 0 Å². The summed E-state index contributed by atoms with van der Waals surface area (Å²) < 4.78 is 2.03. The zero-order valence-corrected chi connectivity index (χ0v) is 10.6. The van der Waals surface area contributed by atoms with Crippen LogP contribution in [0.2, 0.25) is 0 Å². The molecule has 1 N–H and O–H groups in total. The normalized spacial score (nSPS) is 11.0. The Balaban J connectivity index is 1.95. The van der Waals surface area contributed by atoms with Gasteiger partial charge in [-0.1, -0.05) is 12.1 Å². The number of rotatable bonds is 2. The molecule has 0 saturated carbocycles. The minimum atomic E-state index is 0.785. The van der Waals surface area contributed by atoms with Crippen LogP contribution in [0.1, 0.15) is 0 Å². The summed E-state index contributed by atoms with van der Waals surface area (Å²) in [5.41, 5.74) is 3.86. The summed E-state index contributed by atoms with van der Waals surface area (Å²) in [5.74, 6) is 0.785. The van der Waals surface area contributed by atoms with Gasteiger partial charge in [-0.15, -0.1) is 0 Å². The Hall–Kier alpha value is -2.95. The first kappa shape index (κ1) is 10.9. The molecule has 20 heavy (non-hydrogen) atoms. The number of nitrogens with zero attached hydrogens (tertiary/aromatic N) is 4. The molecule has 5 heteroatoms. The smallest absolute Gasteiger partial charge is 0.157 e. The molecule has 0 aliphatic carbocycles. The Morgan fingerprint density at radius 2 is 1.75 bits per heavy atom. The van der Waals surface area contributed by atoms with Crippen molar-refractivity contribution in [1.82, 2.24) is 19.4 Å². The molecule has 0 radical (unpaired) electrons. The van der Waals surface area contributed by atoms with E-state index in [1.54, 1.807) is 18.7 Å². The lowest BCUT2D eigenvalue weighted by Gasteiger charge is -2.09. The lowest BCUT2D eigenvalue weighted by molar-refractivity contribution is 1.19. The number of nitrogens with one attached hydrogen (secondary N) is 1. The molecule has 0 fully saturated rings. The van der Waals surface area contributed by atoms with Crippen LogP contribution in [0.4, 0.5) is 11.5 Å². The molecular formula is C15H11N5. The van der Waals surface area contributed by atoms with Crippen molar-refractivity contribution in [2.45, 2.75) is 0 Å². The third-order valence-corrected chi connectivity index (χ3v) is 3.20. The number of anilines is 2. The van der Waals surface area contributed by atoms with Gasteiger partial charge in [0.05, 0.1) is 23.6 Å². The molecule has 1 aromatic carbocycles. The number of fused-ring (bicyclic) bond motifs is 3. The zero-order chi connectivity index (χ0) is 13.4. The van der Waals surface area contributed by atoms with Crippen molar-refractivity contribution in [2.24, 2.45) is 0 Å². The zero-order valence-electron chi connectivity index (χ0n) is 10.6. The number of imidazole rings is 1. The fraction of sp³-hybridized carbons (Fsp3) is 0. The number of benzene rings is 1. The Morgan fingerprint density at radius 3 is 2.65 bits per heavy atom. The van der Waals surface area contributed by atoms with Crippen LogP contribution in [-0.4, -0.2) is 19.4 Å². The lowest BCUT2D eigenvalue weighted by Crippen LogP contribution is -1.98. The summed E-state index contributed by atoms with van der Waals surface area (Å²) in [5, 5.41) is 3.31. The van der Waals surface area contributed by atoms with Gasteiger partial charge < -0.3 is 5.32 Å². The average Bonchev–Trinajstić information content (AvgIpc) is 2.98. The van der Waals surface area contributed by atoms with E-state index in [2.05, 4.69) is 20.3 Å². The summed E-state index contributed by atoms with van der Waals surface area (Å²) in [6.45, 7) is 0. The van der Waals surface area contributed by atoms with Gasteiger partial charge in [0.2, 0.25) is 0 Å². The number of para-hydroxylation sites is 2. The van der Waals surface area contributed by atoms with Gasteiger partial charge in [-0.25, -0.2) is 9.97 Å². The third kappa shape index (κ3) is 1.68. The topological polar surface area (TPSA) is 55.1 Å². The molecule has 96 valence electrons. The van der Waals surface area contributed by atoms with Crippen LogP contribution in [0.15, 0.2) is 61.3 Å². The van der Waals surface area contributed by atoms with E-state index in [0.29, 0.717) is 0 Å². The van der Waals surface area contributed by atoms with E-state index < -0.39 is 0 Å². The van der Waals surface area contributed by atoms with Crippen molar-refractivity contribution in [1.29, 1.82) is 0 Å². The van der Waals surface area contributed by atoms with E-state index in [1.165, 1.54) is 0 Å². The van der Waals surface area contributed by atoms with Crippen LogP contribution in [0.5, 0.6) is 0 Å². The van der Waals surface area contributed by atoms with Crippen LogP contribution < -0.4 is 5.32 Å². The molecule has 3 heterocycles. The van der Waals surface area contributed by atoms with Gasteiger partial charge in [-0.3, -0.25) is 9.38 Å². The maximum Gasteiger partial charge on any atom is 0.157 e. The summed E-state index contributed by atoms with van der Waals surface area (Å²) in [4.78, 5) is 12.9. The Kier molecular flexibility index (Phi) is 2.35. The summed E-state index contributed by atoms with van der Waals surface area (Å²) >= 11 is 0. The Labute approximate surface area is 114 Å². The minimum Gasteiger partial charge on any atom is -0.338 e. The fourth-order valence-corrected chi connectivity index (χ4v) is 2.27. The minimum absolute atomic E-state index is 0.785. The number of hydrogen-bond donors (Lipinski definition) is 1. The molecular weight excluding hydrogens is 250 g/mol. The summed E-state index contributed by atoms with van der Waals surface area (Å²) in [6, 6.07) is 11.8. The van der Waals surface area contributed by atoms with Gasteiger partial charge in [0.15, 0.2) is 5.82 Å². The van der Waals surface area contributed by atoms with E-state index in [4.69, 9.17) is 0 Å². The molecule has 0 spiro atoms. The Bertz CT molecular complexity index is 882. The second-order valence-electron chi connectivity index (χ2n) is 4.46. The predicted octanol–water partition coefficient (Wildman–Crippen LogP) is 3.02.